The first-order valence-electron chi connectivity index (χ1n) is 7.61. The van der Waals surface area contributed by atoms with Gasteiger partial charge in [-0.1, -0.05) is 17.7 Å². The van der Waals surface area contributed by atoms with E-state index in [4.69, 9.17) is 9.47 Å². The van der Waals surface area contributed by atoms with Crippen molar-refractivity contribution < 1.29 is 9.47 Å². The summed E-state index contributed by atoms with van der Waals surface area (Å²) in [5.41, 5.74) is 2.45. The molecular formula is C17H23N3O2. The molecule has 1 aliphatic heterocycles. The number of nitrogens with one attached hydrogen (secondary N) is 1. The van der Waals surface area contributed by atoms with Gasteiger partial charge in [0.25, 0.3) is 0 Å². The highest BCUT2D eigenvalue weighted by Crippen LogP contribution is 2.34. The normalized spacial score (nSPS) is 22.1. The van der Waals surface area contributed by atoms with E-state index in [1.165, 1.54) is 11.1 Å². The van der Waals surface area contributed by atoms with Gasteiger partial charge < -0.3 is 14.5 Å². The zero-order chi connectivity index (χ0) is 15.5. The van der Waals surface area contributed by atoms with E-state index in [9.17, 15) is 0 Å². The van der Waals surface area contributed by atoms with E-state index in [-0.39, 0.29) is 12.1 Å². The quantitative estimate of drug-likeness (QED) is 0.922. The SMILES string of the molecule is COc1ccc(C)cc1CN1C[C@H](OC)CC1c1ncc[nH]1. The van der Waals surface area contributed by atoms with Gasteiger partial charge in [-0.3, -0.25) is 4.90 Å². The number of aryl methyl sites for hydroxylation is 1. The maximum atomic E-state index is 5.57. The fourth-order valence-corrected chi connectivity index (χ4v) is 3.20. The summed E-state index contributed by atoms with van der Waals surface area (Å²) in [6.07, 6.45) is 4.88. The van der Waals surface area contributed by atoms with Crippen LogP contribution in [0.3, 0.4) is 0 Å². The van der Waals surface area contributed by atoms with Crippen molar-refractivity contribution in [3.05, 3.63) is 47.5 Å². The highest BCUT2D eigenvalue weighted by molar-refractivity contribution is 5.37. The number of likely N-dealkylation sites (tertiary alicyclic amines) is 1. The van der Waals surface area contributed by atoms with E-state index >= 15 is 0 Å². The first-order chi connectivity index (χ1) is 10.7. The van der Waals surface area contributed by atoms with Crippen molar-refractivity contribution in [2.75, 3.05) is 20.8 Å². The van der Waals surface area contributed by atoms with E-state index in [1.54, 1.807) is 20.4 Å². The minimum absolute atomic E-state index is 0.242. The third-order valence-corrected chi connectivity index (χ3v) is 4.34. The molecule has 0 spiro atoms. The molecule has 2 heterocycles. The second kappa shape index (κ2) is 6.50. The maximum absolute atomic E-state index is 5.57. The molecule has 22 heavy (non-hydrogen) atoms. The number of nitrogens with zero attached hydrogens (tertiary/aromatic N) is 2. The molecular weight excluding hydrogens is 278 g/mol. The lowest BCUT2D eigenvalue weighted by molar-refractivity contribution is 0.107. The highest BCUT2D eigenvalue weighted by Gasteiger charge is 2.35. The second-order valence-corrected chi connectivity index (χ2v) is 5.83. The Balaban J connectivity index is 1.84. The molecule has 5 nitrogen and oxygen atoms in total. The van der Waals surface area contributed by atoms with Gasteiger partial charge in [0.1, 0.15) is 11.6 Å². The lowest BCUT2D eigenvalue weighted by Crippen LogP contribution is -2.25. The average Bonchev–Trinajstić information content (AvgIpc) is 3.16. The van der Waals surface area contributed by atoms with Gasteiger partial charge in [0.15, 0.2) is 0 Å². The smallest absolute Gasteiger partial charge is 0.123 e. The molecule has 0 radical (unpaired) electrons. The fourth-order valence-electron chi connectivity index (χ4n) is 3.20. The Labute approximate surface area is 131 Å². The zero-order valence-electron chi connectivity index (χ0n) is 13.4. The van der Waals surface area contributed by atoms with E-state index < -0.39 is 0 Å². The summed E-state index contributed by atoms with van der Waals surface area (Å²) < 4.78 is 11.1. The second-order valence-electron chi connectivity index (χ2n) is 5.83. The van der Waals surface area contributed by atoms with Gasteiger partial charge >= 0.3 is 0 Å². The molecule has 1 aromatic carbocycles. The molecule has 3 rings (SSSR count). The lowest BCUT2D eigenvalue weighted by Gasteiger charge is -2.23. The molecule has 1 aliphatic rings. The van der Waals surface area contributed by atoms with Crippen LogP contribution in [0.15, 0.2) is 30.6 Å². The molecule has 1 fully saturated rings. The predicted octanol–water partition coefficient (Wildman–Crippen LogP) is 2.69. The van der Waals surface area contributed by atoms with Crippen LogP contribution in [0.1, 0.15) is 29.4 Å². The van der Waals surface area contributed by atoms with Crippen molar-refractivity contribution in [3.8, 4) is 5.75 Å². The predicted molar refractivity (Wildman–Crippen MR) is 84.9 cm³/mol. The number of benzene rings is 1. The van der Waals surface area contributed by atoms with Crippen molar-refractivity contribution in [2.24, 2.45) is 0 Å². The summed E-state index contributed by atoms with van der Waals surface area (Å²) in [7, 11) is 3.50. The standard InChI is InChI=1S/C17H23N3O2/c1-12-4-5-16(22-3)13(8-12)10-20-11-14(21-2)9-15(20)17-18-6-7-19-17/h4-8,14-15H,9-11H2,1-3H3,(H,18,19)/t14-,15?/m1/s1. The molecule has 0 aliphatic carbocycles. The van der Waals surface area contributed by atoms with E-state index in [0.717, 1.165) is 31.1 Å². The molecule has 0 bridgehead atoms. The van der Waals surface area contributed by atoms with Crippen LogP contribution in [0, 0.1) is 6.92 Å². The number of methoxy groups -OCH3 is 2. The van der Waals surface area contributed by atoms with Gasteiger partial charge in [0.05, 0.1) is 19.3 Å². The molecule has 1 aromatic heterocycles. The topological polar surface area (TPSA) is 50.4 Å². The highest BCUT2D eigenvalue weighted by atomic mass is 16.5. The van der Waals surface area contributed by atoms with Gasteiger partial charge in [0, 0.05) is 38.2 Å². The molecule has 1 unspecified atom stereocenters. The number of ether oxygens (including phenoxy) is 2. The van der Waals surface area contributed by atoms with Crippen LogP contribution in [-0.2, 0) is 11.3 Å². The minimum Gasteiger partial charge on any atom is -0.496 e. The third kappa shape index (κ3) is 3.00. The van der Waals surface area contributed by atoms with E-state index in [1.807, 2.05) is 12.3 Å². The Hall–Kier alpha value is -1.85. The summed E-state index contributed by atoms with van der Waals surface area (Å²) in [4.78, 5) is 10.1. The summed E-state index contributed by atoms with van der Waals surface area (Å²) in [5.74, 6) is 1.94. The van der Waals surface area contributed by atoms with Gasteiger partial charge in [-0.05, 0) is 19.4 Å². The first kappa shape index (κ1) is 15.1. The number of hydrogen-bond acceptors (Lipinski definition) is 4. The van der Waals surface area contributed by atoms with Gasteiger partial charge in [0.2, 0.25) is 0 Å². The molecule has 1 saturated heterocycles. The zero-order valence-corrected chi connectivity index (χ0v) is 13.4. The minimum atomic E-state index is 0.242. The third-order valence-electron chi connectivity index (χ3n) is 4.34. The molecule has 2 aromatic rings. The maximum Gasteiger partial charge on any atom is 0.123 e. The Kier molecular flexibility index (Phi) is 4.45. The number of hydrogen-bond donors (Lipinski definition) is 1. The van der Waals surface area contributed by atoms with Crippen molar-refractivity contribution in [3.63, 3.8) is 0 Å². The lowest BCUT2D eigenvalue weighted by atomic mass is 10.1. The molecule has 118 valence electrons. The van der Waals surface area contributed by atoms with Crippen LogP contribution in [0.25, 0.3) is 0 Å². The number of aromatic nitrogens is 2. The van der Waals surface area contributed by atoms with E-state index in [2.05, 4.69) is 33.9 Å². The van der Waals surface area contributed by atoms with Crippen molar-refractivity contribution in [1.82, 2.24) is 14.9 Å². The van der Waals surface area contributed by atoms with E-state index in [0.29, 0.717) is 0 Å². The Morgan fingerprint density at radius 2 is 2.23 bits per heavy atom. The van der Waals surface area contributed by atoms with Crippen molar-refractivity contribution >= 4 is 0 Å². The molecule has 0 amide bonds. The number of rotatable bonds is 5. The number of aromatic amines is 1. The summed E-state index contributed by atoms with van der Waals surface area (Å²) in [6, 6.07) is 6.56. The average molecular weight is 301 g/mol. The molecule has 1 N–H and O–H groups in total. The molecule has 2 atom stereocenters. The number of imidazole rings is 1. The van der Waals surface area contributed by atoms with Crippen LogP contribution in [0.4, 0.5) is 0 Å². The Morgan fingerprint density at radius 1 is 1.36 bits per heavy atom. The fraction of sp³-hybridized carbons (Fsp3) is 0.471. The Morgan fingerprint density at radius 3 is 2.91 bits per heavy atom. The van der Waals surface area contributed by atoms with Gasteiger partial charge in [-0.15, -0.1) is 0 Å². The van der Waals surface area contributed by atoms with Crippen LogP contribution in [0.5, 0.6) is 5.75 Å². The van der Waals surface area contributed by atoms with Crippen LogP contribution < -0.4 is 4.74 Å². The van der Waals surface area contributed by atoms with Gasteiger partial charge in [-0.25, -0.2) is 4.98 Å². The Bertz CT molecular complexity index is 612. The van der Waals surface area contributed by atoms with Crippen LogP contribution in [0.2, 0.25) is 0 Å². The summed E-state index contributed by atoms with van der Waals surface area (Å²) in [5, 5.41) is 0. The van der Waals surface area contributed by atoms with Crippen molar-refractivity contribution in [1.29, 1.82) is 0 Å². The van der Waals surface area contributed by atoms with Crippen LogP contribution >= 0.6 is 0 Å². The summed E-state index contributed by atoms with van der Waals surface area (Å²) >= 11 is 0. The van der Waals surface area contributed by atoms with Crippen molar-refractivity contribution in [2.45, 2.75) is 32.0 Å². The summed E-state index contributed by atoms with van der Waals surface area (Å²) in [6.45, 7) is 3.84. The first-order valence-corrected chi connectivity index (χ1v) is 7.61. The number of H-pyrrole nitrogens is 1. The molecule has 5 heteroatoms. The molecule has 0 saturated carbocycles. The largest absolute Gasteiger partial charge is 0.496 e. The van der Waals surface area contributed by atoms with Gasteiger partial charge in [-0.2, -0.15) is 0 Å². The monoisotopic (exact) mass is 301 g/mol. The van der Waals surface area contributed by atoms with Crippen LogP contribution in [-0.4, -0.2) is 41.7 Å².